The summed E-state index contributed by atoms with van der Waals surface area (Å²) < 4.78 is 1.06. The van der Waals surface area contributed by atoms with E-state index in [4.69, 9.17) is 5.73 Å². The second-order valence-corrected chi connectivity index (χ2v) is 4.29. The molecule has 0 fully saturated rings. The molecule has 0 aliphatic heterocycles. The lowest BCUT2D eigenvalue weighted by atomic mass is 10.2. The highest BCUT2D eigenvalue weighted by Gasteiger charge is 1.91. The first-order valence-corrected chi connectivity index (χ1v) is 5.69. The number of nitrogens with zero attached hydrogens (tertiary/aromatic N) is 1. The molecule has 16 heavy (non-hydrogen) atoms. The molecular weight excluding hydrogens is 264 g/mol. The molecule has 0 atom stereocenters. The molecule has 0 saturated carbocycles. The molecule has 0 unspecified atom stereocenters. The number of hydrogen-bond donors (Lipinski definition) is 1. The zero-order valence-electron chi connectivity index (χ0n) is 8.60. The van der Waals surface area contributed by atoms with E-state index in [9.17, 15) is 0 Å². The summed E-state index contributed by atoms with van der Waals surface area (Å²) in [6.07, 6.45) is 3.95. The molecule has 0 bridgehead atoms. The van der Waals surface area contributed by atoms with Gasteiger partial charge in [0, 0.05) is 4.47 Å². The summed E-state index contributed by atoms with van der Waals surface area (Å²) in [5, 5.41) is 0. The Bertz CT molecular complexity index is 473. The van der Waals surface area contributed by atoms with Crippen molar-refractivity contribution in [2.24, 2.45) is 0 Å². The number of rotatable bonds is 2. The molecule has 2 rings (SSSR count). The van der Waals surface area contributed by atoms with Gasteiger partial charge in [0.25, 0.3) is 0 Å². The third-order valence-electron chi connectivity index (χ3n) is 2.09. The lowest BCUT2D eigenvalue weighted by molar-refractivity contribution is 1.31. The summed E-state index contributed by atoms with van der Waals surface area (Å²) in [5.41, 5.74) is 7.58. The van der Waals surface area contributed by atoms with Crippen LogP contribution in [0.3, 0.4) is 0 Å². The highest BCUT2D eigenvalue weighted by molar-refractivity contribution is 9.10. The Morgan fingerprint density at radius 2 is 1.88 bits per heavy atom. The van der Waals surface area contributed by atoms with Crippen molar-refractivity contribution < 1.29 is 0 Å². The Morgan fingerprint density at radius 3 is 2.62 bits per heavy atom. The normalized spacial score (nSPS) is 10.8. The van der Waals surface area contributed by atoms with Crippen molar-refractivity contribution >= 4 is 33.9 Å². The SMILES string of the molecule is Nc1cccc(/C=C/c2cccc(Br)c2)n1. The van der Waals surface area contributed by atoms with Gasteiger partial charge in [0.15, 0.2) is 0 Å². The molecule has 2 aromatic rings. The molecule has 0 radical (unpaired) electrons. The molecular formula is C13H11BrN2. The summed E-state index contributed by atoms with van der Waals surface area (Å²) in [6, 6.07) is 13.7. The minimum Gasteiger partial charge on any atom is -0.384 e. The number of nitrogens with two attached hydrogens (primary N) is 1. The minimum atomic E-state index is 0.538. The Morgan fingerprint density at radius 1 is 1.06 bits per heavy atom. The highest BCUT2D eigenvalue weighted by atomic mass is 79.9. The number of nitrogen functional groups attached to an aromatic ring is 1. The second-order valence-electron chi connectivity index (χ2n) is 3.38. The van der Waals surface area contributed by atoms with Gasteiger partial charge in [-0.05, 0) is 35.9 Å². The van der Waals surface area contributed by atoms with Gasteiger partial charge >= 0.3 is 0 Å². The van der Waals surface area contributed by atoms with E-state index in [-0.39, 0.29) is 0 Å². The standard InChI is InChI=1S/C13H11BrN2/c14-11-4-1-3-10(9-11)7-8-12-5-2-6-13(15)16-12/h1-9H,(H2,15,16)/b8-7+. The van der Waals surface area contributed by atoms with Gasteiger partial charge in [0.05, 0.1) is 5.69 Å². The molecule has 2 nitrogen and oxygen atoms in total. The van der Waals surface area contributed by atoms with Gasteiger partial charge < -0.3 is 5.73 Å². The molecule has 1 heterocycles. The van der Waals surface area contributed by atoms with Crippen molar-refractivity contribution in [3.8, 4) is 0 Å². The quantitative estimate of drug-likeness (QED) is 0.909. The molecule has 0 saturated heterocycles. The minimum absolute atomic E-state index is 0.538. The van der Waals surface area contributed by atoms with Crippen LogP contribution in [0.15, 0.2) is 46.9 Å². The Kier molecular flexibility index (Phi) is 3.37. The van der Waals surface area contributed by atoms with E-state index in [1.165, 1.54) is 0 Å². The van der Waals surface area contributed by atoms with E-state index >= 15 is 0 Å². The maximum Gasteiger partial charge on any atom is 0.124 e. The Balaban J connectivity index is 2.21. The predicted octanol–water partition coefficient (Wildman–Crippen LogP) is 3.60. The lowest BCUT2D eigenvalue weighted by Gasteiger charge is -1.96. The van der Waals surface area contributed by atoms with Crippen LogP contribution in [0.1, 0.15) is 11.3 Å². The number of pyridine rings is 1. The van der Waals surface area contributed by atoms with Crippen molar-refractivity contribution in [1.82, 2.24) is 4.98 Å². The number of halogens is 1. The summed E-state index contributed by atoms with van der Waals surface area (Å²) in [6.45, 7) is 0. The van der Waals surface area contributed by atoms with E-state index in [0.29, 0.717) is 5.82 Å². The third-order valence-corrected chi connectivity index (χ3v) is 2.58. The van der Waals surface area contributed by atoms with Gasteiger partial charge in [-0.2, -0.15) is 0 Å². The van der Waals surface area contributed by atoms with Crippen molar-refractivity contribution in [3.63, 3.8) is 0 Å². The predicted molar refractivity (Wildman–Crippen MR) is 71.7 cm³/mol. The van der Waals surface area contributed by atoms with Crippen molar-refractivity contribution in [1.29, 1.82) is 0 Å². The number of hydrogen-bond acceptors (Lipinski definition) is 2. The van der Waals surface area contributed by atoms with E-state index in [2.05, 4.69) is 20.9 Å². The summed E-state index contributed by atoms with van der Waals surface area (Å²) in [4.78, 5) is 4.19. The van der Waals surface area contributed by atoms with Gasteiger partial charge in [-0.25, -0.2) is 4.98 Å². The average Bonchev–Trinajstić information content (AvgIpc) is 2.27. The smallest absolute Gasteiger partial charge is 0.124 e. The zero-order valence-corrected chi connectivity index (χ0v) is 10.2. The average molecular weight is 275 g/mol. The van der Waals surface area contributed by atoms with Crippen molar-refractivity contribution in [3.05, 3.63) is 58.2 Å². The molecule has 0 aliphatic rings. The number of aromatic nitrogens is 1. The van der Waals surface area contributed by atoms with Gasteiger partial charge in [0.1, 0.15) is 5.82 Å². The first-order chi connectivity index (χ1) is 7.74. The van der Waals surface area contributed by atoms with E-state index in [1.54, 1.807) is 6.07 Å². The summed E-state index contributed by atoms with van der Waals surface area (Å²) >= 11 is 3.43. The molecule has 1 aromatic heterocycles. The first-order valence-electron chi connectivity index (χ1n) is 4.90. The fourth-order valence-corrected chi connectivity index (χ4v) is 1.77. The number of benzene rings is 1. The topological polar surface area (TPSA) is 38.9 Å². The van der Waals surface area contributed by atoms with Gasteiger partial charge in [-0.3, -0.25) is 0 Å². The monoisotopic (exact) mass is 274 g/mol. The van der Waals surface area contributed by atoms with Crippen LogP contribution < -0.4 is 5.73 Å². The second kappa shape index (κ2) is 4.94. The molecule has 80 valence electrons. The van der Waals surface area contributed by atoms with E-state index in [0.717, 1.165) is 15.7 Å². The highest BCUT2D eigenvalue weighted by Crippen LogP contribution is 2.14. The van der Waals surface area contributed by atoms with Crippen LogP contribution in [0.5, 0.6) is 0 Å². The van der Waals surface area contributed by atoms with Gasteiger partial charge in [-0.15, -0.1) is 0 Å². The fraction of sp³-hybridized carbons (Fsp3) is 0. The maximum absolute atomic E-state index is 5.60. The molecule has 0 amide bonds. The van der Waals surface area contributed by atoms with Crippen molar-refractivity contribution in [2.75, 3.05) is 5.73 Å². The van der Waals surface area contributed by atoms with Crippen LogP contribution >= 0.6 is 15.9 Å². The van der Waals surface area contributed by atoms with E-state index in [1.807, 2.05) is 48.6 Å². The van der Waals surface area contributed by atoms with Crippen LogP contribution in [0.25, 0.3) is 12.2 Å². The van der Waals surface area contributed by atoms with Crippen LogP contribution in [0, 0.1) is 0 Å². The largest absolute Gasteiger partial charge is 0.384 e. The van der Waals surface area contributed by atoms with Crippen molar-refractivity contribution in [2.45, 2.75) is 0 Å². The number of anilines is 1. The Labute approximate surface area is 103 Å². The van der Waals surface area contributed by atoms with Crippen LogP contribution in [-0.4, -0.2) is 4.98 Å². The summed E-state index contributed by atoms with van der Waals surface area (Å²) in [7, 11) is 0. The molecule has 2 N–H and O–H groups in total. The van der Waals surface area contributed by atoms with E-state index < -0.39 is 0 Å². The molecule has 3 heteroatoms. The van der Waals surface area contributed by atoms with Crippen LogP contribution in [0.4, 0.5) is 5.82 Å². The fourth-order valence-electron chi connectivity index (χ4n) is 1.35. The Hall–Kier alpha value is -1.61. The molecule has 1 aromatic carbocycles. The van der Waals surface area contributed by atoms with Crippen LogP contribution in [0.2, 0.25) is 0 Å². The lowest BCUT2D eigenvalue weighted by Crippen LogP contribution is -1.90. The van der Waals surface area contributed by atoms with Crippen LogP contribution in [-0.2, 0) is 0 Å². The van der Waals surface area contributed by atoms with Gasteiger partial charge in [-0.1, -0.05) is 40.2 Å². The summed E-state index contributed by atoms with van der Waals surface area (Å²) in [5.74, 6) is 0.538. The molecule has 0 aliphatic carbocycles. The van der Waals surface area contributed by atoms with Gasteiger partial charge in [0.2, 0.25) is 0 Å². The third kappa shape index (κ3) is 2.94. The zero-order chi connectivity index (χ0) is 11.4. The first kappa shape index (κ1) is 10.9. The maximum atomic E-state index is 5.60. The molecule has 0 spiro atoms.